The van der Waals surface area contributed by atoms with Gasteiger partial charge in [0.1, 0.15) is 15.7 Å². The van der Waals surface area contributed by atoms with Crippen LogP contribution in [-0.2, 0) is 16.4 Å². The monoisotopic (exact) mass is 231 g/mol. The molecule has 0 fully saturated rings. The highest BCUT2D eigenvalue weighted by molar-refractivity contribution is 7.90. The van der Waals surface area contributed by atoms with Crippen molar-refractivity contribution in [1.29, 1.82) is 0 Å². The van der Waals surface area contributed by atoms with Gasteiger partial charge in [0.2, 0.25) is 0 Å². The van der Waals surface area contributed by atoms with E-state index in [1.807, 2.05) is 0 Å². The van der Waals surface area contributed by atoms with Crippen molar-refractivity contribution in [2.45, 2.75) is 13.0 Å². The molecule has 0 aromatic carbocycles. The molecule has 0 amide bonds. The lowest BCUT2D eigenvalue weighted by Crippen LogP contribution is -2.23. The van der Waals surface area contributed by atoms with E-state index in [9.17, 15) is 13.2 Å². The molecule has 0 saturated carbocycles. The maximum Gasteiger partial charge on any atom is 0.266 e. The number of nitrogen functional groups attached to an aromatic ring is 1. The summed E-state index contributed by atoms with van der Waals surface area (Å²) in [5.41, 5.74) is 5.12. The fourth-order valence-electron chi connectivity index (χ4n) is 1.10. The summed E-state index contributed by atoms with van der Waals surface area (Å²) < 4.78 is 22.8. The minimum absolute atomic E-state index is 0.0376. The number of hydrogen-bond acceptors (Lipinski definition) is 5. The first kappa shape index (κ1) is 11.7. The van der Waals surface area contributed by atoms with Crippen LogP contribution < -0.4 is 11.3 Å². The molecule has 0 aliphatic rings. The first-order chi connectivity index (χ1) is 6.88. The number of anilines is 1. The first-order valence-electron chi connectivity index (χ1n) is 4.40. The summed E-state index contributed by atoms with van der Waals surface area (Å²) in [5.74, 6) is 0.282. The van der Waals surface area contributed by atoms with Crippen molar-refractivity contribution in [2.24, 2.45) is 0 Å². The molecule has 2 N–H and O–H groups in total. The number of nitrogens with two attached hydrogens (primary N) is 1. The van der Waals surface area contributed by atoms with Gasteiger partial charge in [-0.3, -0.25) is 4.79 Å². The highest BCUT2D eigenvalue weighted by atomic mass is 32.2. The number of sulfone groups is 1. The van der Waals surface area contributed by atoms with Gasteiger partial charge in [-0.1, -0.05) is 0 Å². The summed E-state index contributed by atoms with van der Waals surface area (Å²) in [4.78, 5) is 11.2. The third-order valence-corrected chi connectivity index (χ3v) is 2.80. The maximum atomic E-state index is 11.2. The molecule has 0 saturated heterocycles. The molecule has 0 bridgehead atoms. The topological polar surface area (TPSA) is 95.1 Å². The Morgan fingerprint density at radius 2 is 2.13 bits per heavy atom. The van der Waals surface area contributed by atoms with Gasteiger partial charge in [-0.2, -0.15) is 5.10 Å². The van der Waals surface area contributed by atoms with Gasteiger partial charge in [0.05, 0.1) is 5.75 Å². The Kier molecular flexibility index (Phi) is 3.46. The zero-order valence-electron chi connectivity index (χ0n) is 8.38. The Morgan fingerprint density at radius 3 is 2.73 bits per heavy atom. The normalized spacial score (nSPS) is 11.5. The fourth-order valence-corrected chi connectivity index (χ4v) is 1.75. The quantitative estimate of drug-likeness (QED) is 0.736. The van der Waals surface area contributed by atoms with Crippen molar-refractivity contribution in [3.63, 3.8) is 0 Å². The van der Waals surface area contributed by atoms with Crippen molar-refractivity contribution in [3.8, 4) is 0 Å². The van der Waals surface area contributed by atoms with Gasteiger partial charge < -0.3 is 5.73 Å². The highest BCUT2D eigenvalue weighted by Crippen LogP contribution is 1.93. The Labute approximate surface area is 87.6 Å². The van der Waals surface area contributed by atoms with Gasteiger partial charge in [0.25, 0.3) is 5.56 Å². The van der Waals surface area contributed by atoms with E-state index >= 15 is 0 Å². The van der Waals surface area contributed by atoms with Crippen LogP contribution >= 0.6 is 0 Å². The predicted octanol–water partition coefficient (Wildman–Crippen LogP) is -0.740. The van der Waals surface area contributed by atoms with E-state index in [-0.39, 0.29) is 23.7 Å². The van der Waals surface area contributed by atoms with E-state index in [2.05, 4.69) is 5.10 Å². The lowest BCUT2D eigenvalue weighted by molar-refractivity contribution is 0.559. The second kappa shape index (κ2) is 4.43. The zero-order chi connectivity index (χ0) is 11.5. The molecular weight excluding hydrogens is 218 g/mol. The average Bonchev–Trinajstić information content (AvgIpc) is 2.09. The standard InChI is InChI=1S/C8H13N3O3S/c1-15(13,14)6-2-5-11-8(12)4-3-7(9)10-11/h3-4H,2,5-6H2,1H3,(H2,9,10). The molecule has 0 unspecified atom stereocenters. The average molecular weight is 231 g/mol. The molecule has 84 valence electrons. The van der Waals surface area contributed by atoms with Crippen molar-refractivity contribution in [2.75, 3.05) is 17.7 Å². The zero-order valence-corrected chi connectivity index (χ0v) is 9.20. The van der Waals surface area contributed by atoms with E-state index < -0.39 is 9.84 Å². The summed E-state index contributed by atoms with van der Waals surface area (Å²) >= 11 is 0. The molecule has 0 radical (unpaired) electrons. The minimum atomic E-state index is -2.99. The number of aromatic nitrogens is 2. The Morgan fingerprint density at radius 1 is 1.47 bits per heavy atom. The van der Waals surface area contributed by atoms with E-state index in [0.29, 0.717) is 6.42 Å². The van der Waals surface area contributed by atoms with Gasteiger partial charge in [-0.25, -0.2) is 13.1 Å². The molecule has 0 aliphatic heterocycles. The van der Waals surface area contributed by atoms with Crippen LogP contribution in [0.3, 0.4) is 0 Å². The second-order valence-electron chi connectivity index (χ2n) is 3.30. The molecule has 1 aromatic rings. The number of aryl methyl sites for hydroxylation is 1. The van der Waals surface area contributed by atoms with Crippen LogP contribution in [0.2, 0.25) is 0 Å². The molecule has 0 atom stereocenters. The largest absolute Gasteiger partial charge is 0.382 e. The van der Waals surface area contributed by atoms with Crippen molar-refractivity contribution in [3.05, 3.63) is 22.5 Å². The van der Waals surface area contributed by atoms with Gasteiger partial charge in [-0.05, 0) is 12.5 Å². The third-order valence-electron chi connectivity index (χ3n) is 1.77. The summed E-state index contributed by atoms with van der Waals surface area (Å²) in [7, 11) is -2.99. The minimum Gasteiger partial charge on any atom is -0.382 e. The van der Waals surface area contributed by atoms with E-state index in [1.54, 1.807) is 0 Å². The Bertz CT molecular complexity index is 492. The molecule has 1 rings (SSSR count). The summed E-state index contributed by atoms with van der Waals surface area (Å²) in [5, 5.41) is 3.78. The lowest BCUT2D eigenvalue weighted by atomic mass is 10.4. The third kappa shape index (κ3) is 4.11. The molecule has 7 heteroatoms. The Balaban J connectivity index is 2.66. The van der Waals surface area contributed by atoms with E-state index in [0.717, 1.165) is 6.26 Å². The van der Waals surface area contributed by atoms with Gasteiger partial charge >= 0.3 is 0 Å². The van der Waals surface area contributed by atoms with E-state index in [1.165, 1.54) is 16.8 Å². The van der Waals surface area contributed by atoms with Crippen LogP contribution in [0.5, 0.6) is 0 Å². The van der Waals surface area contributed by atoms with Gasteiger partial charge in [-0.15, -0.1) is 0 Å². The van der Waals surface area contributed by atoms with Crippen LogP contribution in [-0.4, -0.2) is 30.2 Å². The molecule has 15 heavy (non-hydrogen) atoms. The first-order valence-corrected chi connectivity index (χ1v) is 6.46. The molecule has 1 heterocycles. The summed E-state index contributed by atoms with van der Waals surface area (Å²) in [6.07, 6.45) is 1.51. The SMILES string of the molecule is CS(=O)(=O)CCCn1nc(N)ccc1=O. The molecular formula is C8H13N3O3S. The van der Waals surface area contributed by atoms with Crippen molar-refractivity contribution >= 4 is 15.7 Å². The number of rotatable bonds is 4. The fraction of sp³-hybridized carbons (Fsp3) is 0.500. The molecule has 1 aromatic heterocycles. The number of nitrogens with zero attached hydrogens (tertiary/aromatic N) is 2. The molecule has 0 aliphatic carbocycles. The smallest absolute Gasteiger partial charge is 0.266 e. The second-order valence-corrected chi connectivity index (χ2v) is 5.56. The van der Waals surface area contributed by atoms with Crippen LogP contribution in [0.25, 0.3) is 0 Å². The molecule has 0 spiro atoms. The van der Waals surface area contributed by atoms with Crippen molar-refractivity contribution < 1.29 is 8.42 Å². The maximum absolute atomic E-state index is 11.2. The highest BCUT2D eigenvalue weighted by Gasteiger charge is 2.03. The van der Waals surface area contributed by atoms with Gasteiger partial charge in [0, 0.05) is 18.9 Å². The summed E-state index contributed by atoms with van der Waals surface area (Å²) in [6.45, 7) is 0.261. The van der Waals surface area contributed by atoms with Gasteiger partial charge in [0.15, 0.2) is 0 Å². The van der Waals surface area contributed by atoms with Crippen molar-refractivity contribution in [1.82, 2.24) is 9.78 Å². The Hall–Kier alpha value is -1.37. The van der Waals surface area contributed by atoms with Crippen LogP contribution in [0, 0.1) is 0 Å². The number of hydrogen-bond donors (Lipinski definition) is 1. The summed E-state index contributed by atoms with van der Waals surface area (Å²) in [6, 6.07) is 2.72. The molecule has 6 nitrogen and oxygen atoms in total. The van der Waals surface area contributed by atoms with Crippen LogP contribution in [0.1, 0.15) is 6.42 Å². The van der Waals surface area contributed by atoms with Crippen LogP contribution in [0.15, 0.2) is 16.9 Å². The van der Waals surface area contributed by atoms with E-state index in [4.69, 9.17) is 5.73 Å². The predicted molar refractivity (Wildman–Crippen MR) is 57.2 cm³/mol. The lowest BCUT2D eigenvalue weighted by Gasteiger charge is -2.03. The van der Waals surface area contributed by atoms with Crippen LogP contribution in [0.4, 0.5) is 5.82 Å².